The molecule has 2 atom stereocenters. The lowest BCUT2D eigenvalue weighted by atomic mass is 10.2. The van der Waals surface area contributed by atoms with Gasteiger partial charge in [0.15, 0.2) is 0 Å². The van der Waals surface area contributed by atoms with Gasteiger partial charge in [-0.25, -0.2) is 9.78 Å². The summed E-state index contributed by atoms with van der Waals surface area (Å²) in [5.74, 6) is -1.54. The molecule has 1 aromatic rings. The smallest absolute Gasteiger partial charge is 0.326 e. The van der Waals surface area contributed by atoms with Crippen molar-refractivity contribution in [3.63, 3.8) is 0 Å². The molecule has 17 heavy (non-hydrogen) atoms. The lowest BCUT2D eigenvalue weighted by Gasteiger charge is -2.10. The van der Waals surface area contributed by atoms with Crippen molar-refractivity contribution in [3.8, 4) is 0 Å². The van der Waals surface area contributed by atoms with Crippen LogP contribution in [0.25, 0.3) is 0 Å². The first kappa shape index (κ1) is 13.6. The second-order valence-electron chi connectivity index (χ2n) is 3.63. The summed E-state index contributed by atoms with van der Waals surface area (Å²) in [5, 5.41) is 13.4. The van der Waals surface area contributed by atoms with Gasteiger partial charge in [0, 0.05) is 5.38 Å². The Balaban J connectivity index is 2.72. The fourth-order valence-corrected chi connectivity index (χ4v) is 1.93. The molecule has 0 saturated heterocycles. The molecule has 0 saturated carbocycles. The monoisotopic (exact) mass is 257 g/mol. The first-order valence-corrected chi connectivity index (χ1v) is 6.08. The summed E-state index contributed by atoms with van der Waals surface area (Å²) in [4.78, 5) is 26.5. The van der Waals surface area contributed by atoms with Crippen molar-refractivity contribution in [1.29, 1.82) is 0 Å². The number of nitrogens with one attached hydrogen (secondary N) is 1. The number of rotatable bonds is 5. The van der Waals surface area contributed by atoms with Gasteiger partial charge in [-0.1, -0.05) is 6.92 Å². The van der Waals surface area contributed by atoms with Crippen LogP contribution in [0, 0.1) is 0 Å². The number of carbonyl (C=O) groups is 2. The van der Waals surface area contributed by atoms with Gasteiger partial charge in [-0.2, -0.15) is 0 Å². The van der Waals surface area contributed by atoms with E-state index >= 15 is 0 Å². The molecule has 1 heterocycles. The maximum atomic E-state index is 11.7. The molecule has 0 fully saturated rings. The normalized spacial score (nSPS) is 14.1. The van der Waals surface area contributed by atoms with Crippen LogP contribution in [0.15, 0.2) is 5.38 Å². The zero-order valence-corrected chi connectivity index (χ0v) is 10.5. The molecule has 1 amide bonds. The second-order valence-corrected chi connectivity index (χ2v) is 4.52. The minimum Gasteiger partial charge on any atom is -0.480 e. The van der Waals surface area contributed by atoms with Gasteiger partial charge in [-0.15, -0.1) is 11.3 Å². The molecule has 0 radical (unpaired) electrons. The van der Waals surface area contributed by atoms with E-state index < -0.39 is 17.9 Å². The third kappa shape index (κ3) is 3.50. The lowest BCUT2D eigenvalue weighted by Crippen LogP contribution is -2.40. The van der Waals surface area contributed by atoms with E-state index in [1.54, 1.807) is 19.2 Å². The molecule has 1 aromatic heterocycles. The number of carboxylic acids is 1. The number of carbonyl (C=O) groups excluding carboxylic acids is 1. The minimum atomic E-state index is -1.05. The molecule has 4 N–H and O–H groups in total. The van der Waals surface area contributed by atoms with Crippen LogP contribution in [0.1, 0.15) is 41.8 Å². The molecule has 0 spiro atoms. The molecule has 0 aromatic carbocycles. The molecule has 7 heteroatoms. The summed E-state index contributed by atoms with van der Waals surface area (Å²) in [5.41, 5.74) is 5.84. The maximum Gasteiger partial charge on any atom is 0.326 e. The highest BCUT2D eigenvalue weighted by Gasteiger charge is 2.20. The number of carboxylic acid groups (broad SMARTS) is 1. The van der Waals surface area contributed by atoms with Gasteiger partial charge < -0.3 is 16.2 Å². The van der Waals surface area contributed by atoms with Crippen molar-refractivity contribution in [2.24, 2.45) is 5.73 Å². The number of amides is 1. The Bertz CT molecular complexity index is 417. The van der Waals surface area contributed by atoms with E-state index in [2.05, 4.69) is 10.3 Å². The zero-order chi connectivity index (χ0) is 13.0. The van der Waals surface area contributed by atoms with E-state index in [0.29, 0.717) is 11.4 Å². The molecule has 0 bridgehead atoms. The fourth-order valence-electron chi connectivity index (χ4n) is 1.17. The van der Waals surface area contributed by atoms with Crippen LogP contribution >= 0.6 is 11.3 Å². The predicted octanol–water partition coefficient (Wildman–Crippen LogP) is 0.756. The van der Waals surface area contributed by atoms with E-state index in [9.17, 15) is 9.59 Å². The molecule has 0 aliphatic heterocycles. The van der Waals surface area contributed by atoms with Gasteiger partial charge in [0.2, 0.25) is 0 Å². The average molecular weight is 257 g/mol. The summed E-state index contributed by atoms with van der Waals surface area (Å²) < 4.78 is 0. The van der Waals surface area contributed by atoms with Gasteiger partial charge in [-0.3, -0.25) is 4.79 Å². The Morgan fingerprint density at radius 1 is 1.65 bits per heavy atom. The third-order valence-electron chi connectivity index (χ3n) is 2.16. The van der Waals surface area contributed by atoms with Crippen LogP contribution in [0.4, 0.5) is 0 Å². The van der Waals surface area contributed by atoms with Crippen molar-refractivity contribution in [3.05, 3.63) is 16.1 Å². The van der Waals surface area contributed by atoms with Gasteiger partial charge in [-0.05, 0) is 13.3 Å². The number of nitrogens with two attached hydrogens (primary N) is 1. The molecule has 0 aliphatic carbocycles. The number of hydrogen-bond acceptors (Lipinski definition) is 5. The van der Waals surface area contributed by atoms with Crippen LogP contribution in [0.2, 0.25) is 0 Å². The number of thiazole rings is 1. The summed E-state index contributed by atoms with van der Waals surface area (Å²) >= 11 is 1.28. The Labute approximate surface area is 103 Å². The van der Waals surface area contributed by atoms with Gasteiger partial charge in [0.25, 0.3) is 5.91 Å². The van der Waals surface area contributed by atoms with Crippen LogP contribution in [-0.2, 0) is 4.79 Å². The topological polar surface area (TPSA) is 105 Å². The fraction of sp³-hybridized carbons (Fsp3) is 0.500. The van der Waals surface area contributed by atoms with Crippen molar-refractivity contribution < 1.29 is 14.7 Å². The largest absolute Gasteiger partial charge is 0.480 e. The number of nitrogens with zero attached hydrogens (tertiary/aromatic N) is 1. The van der Waals surface area contributed by atoms with Crippen molar-refractivity contribution >= 4 is 23.2 Å². The van der Waals surface area contributed by atoms with Crippen LogP contribution in [0.5, 0.6) is 0 Å². The molecule has 0 aliphatic rings. The summed E-state index contributed by atoms with van der Waals surface area (Å²) in [6.07, 6.45) is 0.325. The Morgan fingerprint density at radius 3 is 2.71 bits per heavy atom. The molecular weight excluding hydrogens is 242 g/mol. The number of aliphatic carboxylic acids is 1. The Morgan fingerprint density at radius 2 is 2.29 bits per heavy atom. The number of aromatic nitrogens is 1. The first-order chi connectivity index (χ1) is 7.95. The van der Waals surface area contributed by atoms with Crippen LogP contribution < -0.4 is 11.1 Å². The predicted molar refractivity (Wildman–Crippen MR) is 63.9 cm³/mol. The van der Waals surface area contributed by atoms with E-state index in [-0.39, 0.29) is 11.7 Å². The Hall–Kier alpha value is -1.47. The van der Waals surface area contributed by atoms with Crippen molar-refractivity contribution in [2.45, 2.75) is 32.4 Å². The van der Waals surface area contributed by atoms with Gasteiger partial charge in [0.05, 0.1) is 6.04 Å². The lowest BCUT2D eigenvalue weighted by molar-refractivity contribution is -0.139. The van der Waals surface area contributed by atoms with E-state index in [1.165, 1.54) is 11.3 Å². The standard InChI is InChI=1S/C10H15N3O3S/c1-3-6(10(15)16)12-8(14)7-4-17-9(13-7)5(2)11/h4-6H,3,11H2,1-2H3,(H,12,14)(H,15,16)/t5?,6-/m1/s1. The quantitative estimate of drug-likeness (QED) is 0.722. The summed E-state index contributed by atoms with van der Waals surface area (Å²) in [6, 6.07) is -1.12. The SMILES string of the molecule is CC[C@@H](NC(=O)c1csc(C(C)N)n1)C(=O)O. The average Bonchev–Trinajstić information content (AvgIpc) is 2.74. The highest BCUT2D eigenvalue weighted by atomic mass is 32.1. The minimum absolute atomic E-state index is 0.210. The van der Waals surface area contributed by atoms with Crippen molar-refractivity contribution in [1.82, 2.24) is 10.3 Å². The zero-order valence-electron chi connectivity index (χ0n) is 9.64. The third-order valence-corrected chi connectivity index (χ3v) is 3.20. The molecule has 6 nitrogen and oxygen atoms in total. The number of hydrogen-bond donors (Lipinski definition) is 3. The highest BCUT2D eigenvalue weighted by Crippen LogP contribution is 2.15. The Kier molecular flexibility index (Phi) is 4.59. The van der Waals surface area contributed by atoms with E-state index in [1.807, 2.05) is 0 Å². The summed E-state index contributed by atoms with van der Waals surface area (Å²) in [6.45, 7) is 3.46. The summed E-state index contributed by atoms with van der Waals surface area (Å²) in [7, 11) is 0. The first-order valence-electron chi connectivity index (χ1n) is 5.20. The van der Waals surface area contributed by atoms with Crippen molar-refractivity contribution in [2.75, 3.05) is 0 Å². The maximum absolute atomic E-state index is 11.7. The van der Waals surface area contributed by atoms with E-state index in [0.717, 1.165) is 0 Å². The van der Waals surface area contributed by atoms with Gasteiger partial charge in [0.1, 0.15) is 16.7 Å². The molecular formula is C10H15N3O3S. The van der Waals surface area contributed by atoms with Crippen LogP contribution in [-0.4, -0.2) is 28.0 Å². The molecule has 94 valence electrons. The van der Waals surface area contributed by atoms with Gasteiger partial charge >= 0.3 is 5.97 Å². The second kappa shape index (κ2) is 5.74. The highest BCUT2D eigenvalue weighted by molar-refractivity contribution is 7.09. The molecule has 1 rings (SSSR count). The molecule has 1 unspecified atom stereocenters. The van der Waals surface area contributed by atoms with Crippen LogP contribution in [0.3, 0.4) is 0 Å². The van der Waals surface area contributed by atoms with E-state index in [4.69, 9.17) is 10.8 Å².